The summed E-state index contributed by atoms with van der Waals surface area (Å²) in [6.07, 6.45) is 1.88. The minimum atomic E-state index is 0.733. The highest BCUT2D eigenvalue weighted by molar-refractivity contribution is 7.99. The first kappa shape index (κ1) is 14.2. The fourth-order valence-corrected chi connectivity index (χ4v) is 2.94. The molecule has 1 aromatic carbocycles. The van der Waals surface area contributed by atoms with Crippen molar-refractivity contribution in [3.8, 4) is 5.69 Å². The minimum Gasteiger partial charge on any atom is -0.378 e. The summed E-state index contributed by atoms with van der Waals surface area (Å²) in [4.78, 5) is 2.22. The summed E-state index contributed by atoms with van der Waals surface area (Å²) in [7, 11) is 0. The second-order valence-electron chi connectivity index (χ2n) is 4.65. The van der Waals surface area contributed by atoms with Crippen LogP contribution in [0.4, 0.5) is 5.95 Å². The number of benzene rings is 1. The van der Waals surface area contributed by atoms with E-state index in [9.17, 15) is 0 Å². The maximum absolute atomic E-state index is 5.42. The Balaban J connectivity index is 1.99. The number of aromatic nitrogens is 3. The van der Waals surface area contributed by atoms with Gasteiger partial charge in [0.1, 0.15) is 0 Å². The van der Waals surface area contributed by atoms with Gasteiger partial charge in [-0.25, -0.2) is 0 Å². The molecule has 21 heavy (non-hydrogen) atoms. The van der Waals surface area contributed by atoms with Crippen LogP contribution in [0, 0.1) is 0 Å². The molecule has 0 bridgehead atoms. The molecule has 1 aliphatic heterocycles. The first-order chi connectivity index (χ1) is 10.4. The van der Waals surface area contributed by atoms with Crippen molar-refractivity contribution in [1.82, 2.24) is 14.8 Å². The highest BCUT2D eigenvalue weighted by atomic mass is 32.2. The van der Waals surface area contributed by atoms with Gasteiger partial charge in [-0.3, -0.25) is 4.57 Å². The summed E-state index contributed by atoms with van der Waals surface area (Å²) in [5.41, 5.74) is 1.08. The molecule has 3 rings (SSSR count). The average Bonchev–Trinajstić information content (AvgIpc) is 2.98. The largest absolute Gasteiger partial charge is 0.378 e. The molecule has 1 aromatic heterocycles. The van der Waals surface area contributed by atoms with E-state index in [0.717, 1.165) is 48.8 Å². The standard InChI is InChI=1S/C15H18N4OS/c1-2-12-21-15-17-16-14(18-8-10-20-11-9-18)19(15)13-6-4-3-5-7-13/h2-7H,1,8-12H2. The number of thioether (sulfide) groups is 1. The van der Waals surface area contributed by atoms with Gasteiger partial charge in [-0.1, -0.05) is 36.0 Å². The van der Waals surface area contributed by atoms with Crippen molar-refractivity contribution in [3.05, 3.63) is 43.0 Å². The third-order valence-electron chi connectivity index (χ3n) is 3.25. The molecule has 6 heteroatoms. The lowest BCUT2D eigenvalue weighted by atomic mass is 10.3. The number of hydrogen-bond acceptors (Lipinski definition) is 5. The Hall–Kier alpha value is -1.79. The van der Waals surface area contributed by atoms with Crippen LogP contribution < -0.4 is 4.90 Å². The van der Waals surface area contributed by atoms with Crippen LogP contribution in [0.2, 0.25) is 0 Å². The molecule has 0 saturated carbocycles. The van der Waals surface area contributed by atoms with E-state index in [4.69, 9.17) is 4.74 Å². The second-order valence-corrected chi connectivity index (χ2v) is 5.64. The van der Waals surface area contributed by atoms with Crippen LogP contribution in [-0.2, 0) is 4.74 Å². The number of ether oxygens (including phenoxy) is 1. The maximum Gasteiger partial charge on any atom is 0.232 e. The average molecular weight is 302 g/mol. The Labute approximate surface area is 128 Å². The lowest BCUT2D eigenvalue weighted by Gasteiger charge is -2.27. The number of nitrogens with zero attached hydrogens (tertiary/aromatic N) is 4. The van der Waals surface area contributed by atoms with Crippen molar-refractivity contribution in [2.24, 2.45) is 0 Å². The van der Waals surface area contributed by atoms with Gasteiger partial charge < -0.3 is 9.64 Å². The first-order valence-corrected chi connectivity index (χ1v) is 7.96. The van der Waals surface area contributed by atoms with Crippen LogP contribution in [0.15, 0.2) is 48.1 Å². The zero-order valence-electron chi connectivity index (χ0n) is 11.8. The predicted molar refractivity (Wildman–Crippen MR) is 85.3 cm³/mol. The summed E-state index contributed by atoms with van der Waals surface area (Å²) >= 11 is 1.64. The molecule has 5 nitrogen and oxygen atoms in total. The molecule has 1 saturated heterocycles. The molecule has 0 unspecified atom stereocenters. The van der Waals surface area contributed by atoms with E-state index in [-0.39, 0.29) is 0 Å². The number of morpholine rings is 1. The van der Waals surface area contributed by atoms with E-state index in [0.29, 0.717) is 0 Å². The third-order valence-corrected chi connectivity index (χ3v) is 4.18. The molecule has 1 fully saturated rings. The van der Waals surface area contributed by atoms with E-state index >= 15 is 0 Å². The molecule has 0 aliphatic carbocycles. The Kier molecular flexibility index (Phi) is 4.57. The molecule has 1 aliphatic rings. The van der Waals surface area contributed by atoms with E-state index < -0.39 is 0 Å². The van der Waals surface area contributed by atoms with Crippen molar-refractivity contribution >= 4 is 17.7 Å². The third kappa shape index (κ3) is 3.11. The van der Waals surface area contributed by atoms with Crippen molar-refractivity contribution < 1.29 is 4.74 Å². The van der Waals surface area contributed by atoms with Crippen LogP contribution in [0.25, 0.3) is 5.69 Å². The van der Waals surface area contributed by atoms with Gasteiger partial charge in [-0.2, -0.15) is 0 Å². The van der Waals surface area contributed by atoms with Crippen LogP contribution >= 0.6 is 11.8 Å². The van der Waals surface area contributed by atoms with Gasteiger partial charge in [0.05, 0.1) is 18.9 Å². The van der Waals surface area contributed by atoms with Gasteiger partial charge in [0.15, 0.2) is 5.16 Å². The van der Waals surface area contributed by atoms with Crippen molar-refractivity contribution in [2.45, 2.75) is 5.16 Å². The summed E-state index contributed by atoms with van der Waals surface area (Å²) in [5.74, 6) is 1.70. The quantitative estimate of drug-likeness (QED) is 0.627. The number of anilines is 1. The highest BCUT2D eigenvalue weighted by Gasteiger charge is 2.21. The minimum absolute atomic E-state index is 0.733. The van der Waals surface area contributed by atoms with E-state index in [1.54, 1.807) is 11.8 Å². The molecule has 0 radical (unpaired) electrons. The van der Waals surface area contributed by atoms with Crippen molar-refractivity contribution in [3.63, 3.8) is 0 Å². The molecular formula is C15H18N4OS. The SMILES string of the molecule is C=CCSc1nnc(N2CCOCC2)n1-c1ccccc1. The van der Waals surface area contributed by atoms with Crippen molar-refractivity contribution in [1.29, 1.82) is 0 Å². The number of rotatable bonds is 5. The summed E-state index contributed by atoms with van der Waals surface area (Å²) in [5, 5.41) is 9.64. The van der Waals surface area contributed by atoms with Crippen LogP contribution in [0.1, 0.15) is 0 Å². The number of para-hydroxylation sites is 1. The van der Waals surface area contributed by atoms with E-state index in [1.807, 2.05) is 24.3 Å². The lowest BCUT2D eigenvalue weighted by Crippen LogP contribution is -2.37. The number of hydrogen-bond donors (Lipinski definition) is 0. The topological polar surface area (TPSA) is 43.2 Å². The van der Waals surface area contributed by atoms with Crippen molar-refractivity contribution in [2.75, 3.05) is 37.0 Å². The fourth-order valence-electron chi connectivity index (χ4n) is 2.26. The summed E-state index contributed by atoms with van der Waals surface area (Å²) in [6, 6.07) is 10.2. The zero-order chi connectivity index (χ0) is 14.5. The molecule has 0 amide bonds. The van der Waals surface area contributed by atoms with E-state index in [1.165, 1.54) is 0 Å². The Bertz CT molecular complexity index is 593. The molecular weight excluding hydrogens is 284 g/mol. The fraction of sp³-hybridized carbons (Fsp3) is 0.333. The Morgan fingerprint density at radius 1 is 1.19 bits per heavy atom. The summed E-state index contributed by atoms with van der Waals surface area (Å²) in [6.45, 7) is 6.92. The zero-order valence-corrected chi connectivity index (χ0v) is 12.6. The molecule has 0 N–H and O–H groups in total. The predicted octanol–water partition coefficient (Wildman–Crippen LogP) is 2.38. The lowest BCUT2D eigenvalue weighted by molar-refractivity contribution is 0.122. The molecule has 110 valence electrons. The van der Waals surface area contributed by atoms with Crippen LogP contribution in [-0.4, -0.2) is 46.8 Å². The van der Waals surface area contributed by atoms with Gasteiger partial charge in [-0.15, -0.1) is 16.8 Å². The van der Waals surface area contributed by atoms with E-state index in [2.05, 4.69) is 38.4 Å². The van der Waals surface area contributed by atoms with Gasteiger partial charge in [0, 0.05) is 18.8 Å². The smallest absolute Gasteiger partial charge is 0.232 e. The molecule has 0 atom stereocenters. The monoisotopic (exact) mass is 302 g/mol. The van der Waals surface area contributed by atoms with Gasteiger partial charge in [-0.05, 0) is 12.1 Å². The molecule has 0 spiro atoms. The summed E-state index contributed by atoms with van der Waals surface area (Å²) < 4.78 is 7.53. The van der Waals surface area contributed by atoms with Gasteiger partial charge in [0.2, 0.25) is 5.95 Å². The normalized spacial score (nSPS) is 15.1. The maximum atomic E-state index is 5.42. The van der Waals surface area contributed by atoms with Crippen LogP contribution in [0.3, 0.4) is 0 Å². The van der Waals surface area contributed by atoms with Gasteiger partial charge in [0.25, 0.3) is 0 Å². The Morgan fingerprint density at radius 3 is 2.67 bits per heavy atom. The Morgan fingerprint density at radius 2 is 1.95 bits per heavy atom. The second kappa shape index (κ2) is 6.78. The first-order valence-electron chi connectivity index (χ1n) is 6.97. The van der Waals surface area contributed by atoms with Crippen LogP contribution in [0.5, 0.6) is 0 Å². The van der Waals surface area contributed by atoms with Gasteiger partial charge >= 0.3 is 0 Å². The molecule has 2 heterocycles. The molecule has 2 aromatic rings. The highest BCUT2D eigenvalue weighted by Crippen LogP contribution is 2.26.